The Hall–Kier alpha value is -2.94. The molecule has 8 nitrogen and oxygen atoms in total. The molecule has 3 aromatic rings. The van der Waals surface area contributed by atoms with Crippen LogP contribution in [0.3, 0.4) is 0 Å². The maximum atomic E-state index is 12.3. The summed E-state index contributed by atoms with van der Waals surface area (Å²) >= 11 is 0. The predicted octanol–water partition coefficient (Wildman–Crippen LogP) is 3.15. The molecule has 29 heavy (non-hydrogen) atoms. The van der Waals surface area contributed by atoms with Crippen LogP contribution in [0, 0.1) is 0 Å². The molecule has 0 bridgehead atoms. The van der Waals surface area contributed by atoms with Crippen LogP contribution in [0.15, 0.2) is 53.1 Å². The van der Waals surface area contributed by atoms with Gasteiger partial charge in [0.25, 0.3) is 0 Å². The number of carbonyl (C=O) groups excluding carboxylic acids is 1. The van der Waals surface area contributed by atoms with Crippen molar-refractivity contribution in [2.45, 2.75) is 26.1 Å². The molecule has 1 aliphatic rings. The van der Waals surface area contributed by atoms with Crippen LogP contribution in [-0.2, 0) is 26.1 Å². The lowest BCUT2D eigenvalue weighted by atomic mass is 9.97. The topological polar surface area (TPSA) is 109 Å². The van der Waals surface area contributed by atoms with Gasteiger partial charge in [-0.15, -0.1) is 12.4 Å². The number of hydrogen-bond acceptors (Lipinski definition) is 6. The van der Waals surface area contributed by atoms with Crippen molar-refractivity contribution in [1.29, 1.82) is 0 Å². The number of amides is 2. The van der Waals surface area contributed by atoms with Crippen molar-refractivity contribution < 1.29 is 9.32 Å². The third-order valence-corrected chi connectivity index (χ3v) is 4.67. The number of para-hydroxylation sites is 1. The number of carbonyl (C=O) groups is 1. The predicted molar refractivity (Wildman–Crippen MR) is 113 cm³/mol. The lowest BCUT2D eigenvalue weighted by Gasteiger charge is -2.29. The Labute approximate surface area is 174 Å². The first kappa shape index (κ1) is 20.8. The number of fused-ring (bicyclic) bond motifs is 1. The summed E-state index contributed by atoms with van der Waals surface area (Å²) in [6.07, 6.45) is 0.832. The van der Waals surface area contributed by atoms with Crippen LogP contribution >= 0.6 is 12.4 Å². The lowest BCUT2D eigenvalue weighted by Crippen LogP contribution is -2.31. The number of aromatic nitrogens is 2. The van der Waals surface area contributed by atoms with E-state index >= 15 is 0 Å². The van der Waals surface area contributed by atoms with Crippen molar-refractivity contribution in [3.8, 4) is 0 Å². The molecular formula is C20H23ClN6O2. The number of hydrogen-bond donors (Lipinski definition) is 3. The van der Waals surface area contributed by atoms with Gasteiger partial charge in [-0.2, -0.15) is 4.98 Å². The summed E-state index contributed by atoms with van der Waals surface area (Å²) in [7, 11) is 0. The molecule has 152 valence electrons. The first-order chi connectivity index (χ1) is 13.7. The summed E-state index contributed by atoms with van der Waals surface area (Å²) in [5.74, 6) is 1.09. The van der Waals surface area contributed by atoms with E-state index in [0.717, 1.165) is 36.4 Å². The number of nitrogens with one attached hydrogen (secondary N) is 2. The highest BCUT2D eigenvalue weighted by Gasteiger charge is 2.21. The second-order valence-electron chi connectivity index (χ2n) is 6.66. The standard InChI is InChI=1S/C20H22N6O2.ClH/c21-11-19-24-18(25-28-19)13-26-10-9-16-14(12-26)5-4-8-17(16)23-20(27)22-15-6-2-1-3-7-15;/h1-8H,9-13,21H2,(H2,22,23,27);1H. The molecule has 1 aromatic heterocycles. The highest BCUT2D eigenvalue weighted by atomic mass is 35.5. The highest BCUT2D eigenvalue weighted by Crippen LogP contribution is 2.27. The zero-order valence-corrected chi connectivity index (χ0v) is 16.6. The number of rotatable bonds is 5. The molecule has 0 radical (unpaired) electrons. The Morgan fingerprint density at radius 2 is 1.97 bits per heavy atom. The van der Waals surface area contributed by atoms with Crippen molar-refractivity contribution in [2.75, 3.05) is 17.2 Å². The quantitative estimate of drug-likeness (QED) is 0.591. The fourth-order valence-electron chi connectivity index (χ4n) is 3.36. The average Bonchev–Trinajstić information content (AvgIpc) is 3.16. The van der Waals surface area contributed by atoms with Gasteiger partial charge in [0.2, 0.25) is 5.89 Å². The van der Waals surface area contributed by atoms with Gasteiger partial charge in [-0.1, -0.05) is 35.5 Å². The lowest BCUT2D eigenvalue weighted by molar-refractivity contribution is 0.235. The number of urea groups is 1. The molecule has 0 saturated heterocycles. The first-order valence-electron chi connectivity index (χ1n) is 9.19. The Morgan fingerprint density at radius 1 is 1.14 bits per heavy atom. The minimum Gasteiger partial charge on any atom is -0.338 e. The summed E-state index contributed by atoms with van der Waals surface area (Å²) in [5, 5.41) is 9.78. The van der Waals surface area contributed by atoms with E-state index in [1.54, 1.807) is 0 Å². The zero-order valence-electron chi connectivity index (χ0n) is 15.8. The maximum Gasteiger partial charge on any atom is 0.323 e. The van der Waals surface area contributed by atoms with Crippen molar-refractivity contribution in [3.05, 3.63) is 71.4 Å². The van der Waals surface area contributed by atoms with Crippen LogP contribution in [0.1, 0.15) is 22.8 Å². The maximum absolute atomic E-state index is 12.3. The molecule has 2 heterocycles. The van der Waals surface area contributed by atoms with E-state index in [2.05, 4.69) is 31.7 Å². The largest absolute Gasteiger partial charge is 0.338 e. The van der Waals surface area contributed by atoms with Crippen LogP contribution in [0.4, 0.5) is 16.2 Å². The first-order valence-corrected chi connectivity index (χ1v) is 9.19. The Bertz CT molecular complexity index is 963. The van der Waals surface area contributed by atoms with Crippen molar-refractivity contribution in [2.24, 2.45) is 5.73 Å². The van der Waals surface area contributed by atoms with Crippen molar-refractivity contribution >= 4 is 29.8 Å². The molecule has 0 saturated carbocycles. The number of benzene rings is 2. The number of anilines is 2. The third-order valence-electron chi connectivity index (χ3n) is 4.67. The van der Waals surface area contributed by atoms with Gasteiger partial charge >= 0.3 is 6.03 Å². The monoisotopic (exact) mass is 414 g/mol. The second kappa shape index (κ2) is 9.51. The van der Waals surface area contributed by atoms with E-state index in [9.17, 15) is 4.79 Å². The molecule has 2 amide bonds. The number of halogens is 1. The number of nitrogens with two attached hydrogens (primary N) is 1. The summed E-state index contributed by atoms with van der Waals surface area (Å²) in [4.78, 5) is 18.9. The van der Waals surface area contributed by atoms with Gasteiger partial charge in [0.15, 0.2) is 5.82 Å². The minimum atomic E-state index is -0.247. The molecule has 2 aromatic carbocycles. The molecule has 1 aliphatic heterocycles. The summed E-state index contributed by atoms with van der Waals surface area (Å²) in [6.45, 7) is 2.46. The van der Waals surface area contributed by atoms with Crippen LogP contribution in [0.25, 0.3) is 0 Å². The van der Waals surface area contributed by atoms with Gasteiger partial charge in [0.05, 0.1) is 13.1 Å². The van der Waals surface area contributed by atoms with Crippen molar-refractivity contribution in [1.82, 2.24) is 15.0 Å². The van der Waals surface area contributed by atoms with Crippen LogP contribution in [-0.4, -0.2) is 27.6 Å². The summed E-state index contributed by atoms with van der Waals surface area (Å²) in [5.41, 5.74) is 9.47. The Balaban J connectivity index is 0.00000240. The van der Waals surface area contributed by atoms with E-state index in [1.807, 2.05) is 42.5 Å². The Morgan fingerprint density at radius 3 is 2.72 bits per heavy atom. The molecule has 0 fully saturated rings. The molecule has 0 unspecified atom stereocenters. The van der Waals surface area contributed by atoms with E-state index < -0.39 is 0 Å². The van der Waals surface area contributed by atoms with Crippen LogP contribution in [0.2, 0.25) is 0 Å². The van der Waals surface area contributed by atoms with Crippen molar-refractivity contribution in [3.63, 3.8) is 0 Å². The molecule has 0 atom stereocenters. The fourth-order valence-corrected chi connectivity index (χ4v) is 3.36. The van der Waals surface area contributed by atoms with E-state index in [-0.39, 0.29) is 25.0 Å². The summed E-state index contributed by atoms with van der Waals surface area (Å²) in [6, 6.07) is 15.1. The average molecular weight is 415 g/mol. The van der Waals surface area contributed by atoms with Gasteiger partial charge in [-0.25, -0.2) is 4.79 Å². The van der Waals surface area contributed by atoms with Gasteiger partial charge < -0.3 is 20.9 Å². The smallest absolute Gasteiger partial charge is 0.323 e. The summed E-state index contributed by atoms with van der Waals surface area (Å²) < 4.78 is 5.07. The molecule has 0 aliphatic carbocycles. The van der Waals surface area contributed by atoms with E-state index in [1.165, 1.54) is 5.56 Å². The van der Waals surface area contributed by atoms with E-state index in [4.69, 9.17) is 10.3 Å². The Kier molecular flexibility index (Phi) is 6.82. The molecule has 4 rings (SSSR count). The van der Waals surface area contributed by atoms with Gasteiger partial charge in [-0.3, -0.25) is 4.90 Å². The zero-order chi connectivity index (χ0) is 19.3. The molecule has 0 spiro atoms. The second-order valence-corrected chi connectivity index (χ2v) is 6.66. The van der Waals surface area contributed by atoms with Gasteiger partial charge in [0.1, 0.15) is 0 Å². The van der Waals surface area contributed by atoms with Crippen LogP contribution < -0.4 is 16.4 Å². The van der Waals surface area contributed by atoms with Gasteiger partial charge in [-0.05, 0) is 35.7 Å². The minimum absolute atomic E-state index is 0. The number of nitrogens with zero attached hydrogens (tertiary/aromatic N) is 3. The molecule has 4 N–H and O–H groups in total. The van der Waals surface area contributed by atoms with Gasteiger partial charge in [0, 0.05) is 24.5 Å². The highest BCUT2D eigenvalue weighted by molar-refractivity contribution is 6.00. The third kappa shape index (κ3) is 5.11. The SMILES string of the molecule is Cl.NCc1nc(CN2CCc3c(cccc3NC(=O)Nc3ccccc3)C2)no1. The fraction of sp³-hybridized carbons (Fsp3) is 0.250. The molecule has 9 heteroatoms. The van der Waals surface area contributed by atoms with E-state index in [0.29, 0.717) is 18.3 Å². The van der Waals surface area contributed by atoms with Crippen LogP contribution in [0.5, 0.6) is 0 Å². The molecular weight excluding hydrogens is 392 g/mol. The normalized spacial score (nSPS) is 13.3.